The maximum absolute atomic E-state index is 11.0. The Balaban J connectivity index is 3.92. The summed E-state index contributed by atoms with van der Waals surface area (Å²) in [7, 11) is 1.60. The molecule has 2 N–H and O–H groups in total. The van der Waals surface area contributed by atoms with Gasteiger partial charge in [0.15, 0.2) is 0 Å². The Morgan fingerprint density at radius 2 is 2.07 bits per heavy atom. The van der Waals surface area contributed by atoms with E-state index in [0.717, 1.165) is 6.54 Å². The summed E-state index contributed by atoms with van der Waals surface area (Å²) in [6.07, 6.45) is 0.413. The van der Waals surface area contributed by atoms with E-state index in [-0.39, 0.29) is 5.91 Å². The Labute approximate surface area is 90.5 Å². The number of aliphatic carboxylic acids is 1. The van der Waals surface area contributed by atoms with E-state index in [1.807, 2.05) is 11.8 Å². The summed E-state index contributed by atoms with van der Waals surface area (Å²) < 4.78 is 0. The van der Waals surface area contributed by atoms with Crippen molar-refractivity contribution in [2.24, 2.45) is 5.92 Å². The third kappa shape index (κ3) is 6.06. The van der Waals surface area contributed by atoms with Gasteiger partial charge in [0.1, 0.15) is 0 Å². The van der Waals surface area contributed by atoms with E-state index in [9.17, 15) is 9.59 Å². The van der Waals surface area contributed by atoms with Crippen LogP contribution in [0.5, 0.6) is 0 Å². The average molecular weight is 216 g/mol. The minimum Gasteiger partial charge on any atom is -0.481 e. The molecule has 0 rings (SSSR count). The number of carbonyl (C=O) groups excluding carboxylic acids is 1. The molecular weight excluding hydrogens is 196 g/mol. The lowest BCUT2D eigenvalue weighted by Gasteiger charge is -2.21. The number of amides is 1. The first-order valence-corrected chi connectivity index (χ1v) is 5.17. The van der Waals surface area contributed by atoms with Crippen LogP contribution < -0.4 is 5.32 Å². The van der Waals surface area contributed by atoms with E-state index in [0.29, 0.717) is 19.5 Å². The van der Waals surface area contributed by atoms with Gasteiger partial charge in [-0.1, -0.05) is 13.8 Å². The quantitative estimate of drug-likeness (QED) is 0.636. The van der Waals surface area contributed by atoms with Gasteiger partial charge >= 0.3 is 5.97 Å². The van der Waals surface area contributed by atoms with E-state index in [1.54, 1.807) is 14.0 Å². The molecule has 15 heavy (non-hydrogen) atoms. The molecule has 0 aromatic carbocycles. The number of carboxylic acid groups (broad SMARTS) is 1. The topological polar surface area (TPSA) is 69.6 Å². The fraction of sp³-hybridized carbons (Fsp3) is 0.800. The molecule has 0 saturated heterocycles. The zero-order chi connectivity index (χ0) is 11.8. The number of carboxylic acids is 1. The standard InChI is InChI=1S/C10H20N2O3/c1-4-12(6-5-9(13)11-3)7-8(2)10(14)15/h8H,4-7H2,1-3H3,(H,11,13)(H,14,15). The van der Waals surface area contributed by atoms with Gasteiger partial charge in [-0.25, -0.2) is 0 Å². The van der Waals surface area contributed by atoms with Gasteiger partial charge in [-0.3, -0.25) is 9.59 Å². The summed E-state index contributed by atoms with van der Waals surface area (Å²) >= 11 is 0. The predicted octanol–water partition coefficient (Wildman–Crippen LogP) is 0.165. The lowest BCUT2D eigenvalue weighted by Crippen LogP contribution is -2.34. The minimum absolute atomic E-state index is 0.0172. The van der Waals surface area contributed by atoms with Crippen LogP contribution in [0.4, 0.5) is 0 Å². The van der Waals surface area contributed by atoms with Crippen LogP contribution in [-0.4, -0.2) is 48.6 Å². The Bertz CT molecular complexity index is 219. The first-order chi connectivity index (χ1) is 7.01. The van der Waals surface area contributed by atoms with Gasteiger partial charge in [-0.15, -0.1) is 0 Å². The molecule has 0 spiro atoms. The second-order valence-corrected chi connectivity index (χ2v) is 3.56. The zero-order valence-electron chi connectivity index (χ0n) is 9.62. The summed E-state index contributed by atoms with van der Waals surface area (Å²) in [4.78, 5) is 23.6. The minimum atomic E-state index is -0.798. The maximum atomic E-state index is 11.0. The fourth-order valence-corrected chi connectivity index (χ4v) is 1.23. The highest BCUT2D eigenvalue weighted by molar-refractivity contribution is 5.75. The summed E-state index contributed by atoms with van der Waals surface area (Å²) in [5.41, 5.74) is 0. The predicted molar refractivity (Wildman–Crippen MR) is 57.6 cm³/mol. The van der Waals surface area contributed by atoms with Gasteiger partial charge in [0, 0.05) is 26.6 Å². The average Bonchev–Trinajstić information content (AvgIpc) is 2.22. The fourth-order valence-electron chi connectivity index (χ4n) is 1.23. The highest BCUT2D eigenvalue weighted by atomic mass is 16.4. The maximum Gasteiger partial charge on any atom is 0.307 e. The molecule has 88 valence electrons. The van der Waals surface area contributed by atoms with E-state index in [4.69, 9.17) is 5.11 Å². The van der Waals surface area contributed by atoms with Crippen molar-refractivity contribution in [1.29, 1.82) is 0 Å². The Kier molecular flexibility index (Phi) is 6.70. The van der Waals surface area contributed by atoms with Crippen LogP contribution in [0.3, 0.4) is 0 Å². The Hall–Kier alpha value is -1.10. The van der Waals surface area contributed by atoms with Gasteiger partial charge in [-0.05, 0) is 6.54 Å². The molecule has 1 unspecified atom stereocenters. The van der Waals surface area contributed by atoms with Gasteiger partial charge < -0.3 is 15.3 Å². The monoisotopic (exact) mass is 216 g/mol. The lowest BCUT2D eigenvalue weighted by atomic mass is 10.1. The summed E-state index contributed by atoms with van der Waals surface area (Å²) in [5.74, 6) is -1.21. The first-order valence-electron chi connectivity index (χ1n) is 5.17. The molecule has 0 aliphatic carbocycles. The highest BCUT2D eigenvalue weighted by Gasteiger charge is 2.15. The molecule has 0 aliphatic rings. The number of hydrogen-bond donors (Lipinski definition) is 2. The second kappa shape index (κ2) is 7.23. The van der Waals surface area contributed by atoms with Crippen LogP contribution in [0, 0.1) is 5.92 Å². The molecular formula is C10H20N2O3. The SMILES string of the molecule is CCN(CCC(=O)NC)CC(C)C(=O)O. The number of nitrogens with one attached hydrogen (secondary N) is 1. The number of nitrogens with zero attached hydrogens (tertiary/aromatic N) is 1. The molecule has 0 radical (unpaired) electrons. The van der Waals surface area contributed by atoms with Gasteiger partial charge in [0.2, 0.25) is 5.91 Å². The highest BCUT2D eigenvalue weighted by Crippen LogP contribution is 2.01. The van der Waals surface area contributed by atoms with Crippen molar-refractivity contribution in [3.63, 3.8) is 0 Å². The van der Waals surface area contributed by atoms with Crippen LogP contribution in [-0.2, 0) is 9.59 Å². The van der Waals surface area contributed by atoms with Crippen molar-refractivity contribution in [2.45, 2.75) is 20.3 Å². The third-order valence-corrected chi connectivity index (χ3v) is 2.33. The summed E-state index contributed by atoms with van der Waals surface area (Å²) in [6, 6.07) is 0. The van der Waals surface area contributed by atoms with Crippen molar-refractivity contribution in [3.05, 3.63) is 0 Å². The molecule has 0 bridgehead atoms. The van der Waals surface area contributed by atoms with Gasteiger partial charge in [0.05, 0.1) is 5.92 Å². The molecule has 0 fully saturated rings. The van der Waals surface area contributed by atoms with Crippen LogP contribution in [0.1, 0.15) is 20.3 Å². The van der Waals surface area contributed by atoms with Crippen LogP contribution in [0.25, 0.3) is 0 Å². The number of carbonyl (C=O) groups is 2. The largest absolute Gasteiger partial charge is 0.481 e. The van der Waals surface area contributed by atoms with Crippen LogP contribution in [0.2, 0.25) is 0 Å². The first kappa shape index (κ1) is 13.9. The lowest BCUT2D eigenvalue weighted by molar-refractivity contribution is -0.141. The molecule has 0 aliphatic heterocycles. The normalized spacial score (nSPS) is 12.5. The van der Waals surface area contributed by atoms with Crippen LogP contribution in [0.15, 0.2) is 0 Å². The summed E-state index contributed by atoms with van der Waals surface area (Å²) in [5, 5.41) is 11.3. The van der Waals surface area contributed by atoms with Crippen molar-refractivity contribution in [2.75, 3.05) is 26.7 Å². The van der Waals surface area contributed by atoms with Gasteiger partial charge in [-0.2, -0.15) is 0 Å². The molecule has 0 saturated carbocycles. The van der Waals surface area contributed by atoms with Crippen molar-refractivity contribution < 1.29 is 14.7 Å². The van der Waals surface area contributed by atoms with Crippen molar-refractivity contribution in [1.82, 2.24) is 10.2 Å². The van der Waals surface area contributed by atoms with Crippen LogP contribution >= 0.6 is 0 Å². The molecule has 5 heteroatoms. The molecule has 0 aromatic heterocycles. The second-order valence-electron chi connectivity index (χ2n) is 3.56. The summed E-state index contributed by atoms with van der Waals surface area (Å²) in [6.45, 7) is 5.48. The third-order valence-electron chi connectivity index (χ3n) is 2.33. The van der Waals surface area contributed by atoms with Gasteiger partial charge in [0.25, 0.3) is 0 Å². The molecule has 0 heterocycles. The van der Waals surface area contributed by atoms with E-state index >= 15 is 0 Å². The smallest absolute Gasteiger partial charge is 0.307 e. The number of hydrogen-bond acceptors (Lipinski definition) is 3. The molecule has 0 aromatic rings. The van der Waals surface area contributed by atoms with Crippen molar-refractivity contribution >= 4 is 11.9 Å². The Morgan fingerprint density at radius 1 is 1.47 bits per heavy atom. The Morgan fingerprint density at radius 3 is 2.47 bits per heavy atom. The molecule has 5 nitrogen and oxygen atoms in total. The zero-order valence-corrected chi connectivity index (χ0v) is 9.62. The molecule has 1 amide bonds. The van der Waals surface area contributed by atoms with E-state index in [1.165, 1.54) is 0 Å². The van der Waals surface area contributed by atoms with E-state index < -0.39 is 11.9 Å². The van der Waals surface area contributed by atoms with E-state index in [2.05, 4.69) is 5.32 Å². The van der Waals surface area contributed by atoms with Crippen molar-refractivity contribution in [3.8, 4) is 0 Å². The number of rotatable bonds is 7. The molecule has 1 atom stereocenters.